The van der Waals surface area contributed by atoms with Crippen molar-refractivity contribution < 1.29 is 14.3 Å². The second kappa shape index (κ2) is 13.9. The van der Waals surface area contributed by atoms with E-state index in [9.17, 15) is 9.59 Å². The van der Waals surface area contributed by atoms with Crippen LogP contribution in [0.15, 0.2) is 81.7 Å². The monoisotopic (exact) mass is 642 g/mol. The van der Waals surface area contributed by atoms with E-state index in [1.54, 1.807) is 4.90 Å². The van der Waals surface area contributed by atoms with Crippen LogP contribution >= 0.6 is 31.9 Å². The Bertz CT molecular complexity index is 1230. The minimum atomic E-state index is -0.689. The molecular formula is C31H36Br2N2O3. The number of hydrogen-bond donors (Lipinski definition) is 1. The van der Waals surface area contributed by atoms with Crippen molar-refractivity contribution in [2.45, 2.75) is 58.5 Å². The molecule has 0 bridgehead atoms. The normalized spacial score (nSPS) is 12.1. The molecule has 3 aromatic carbocycles. The Balaban J connectivity index is 1.89. The highest BCUT2D eigenvalue weighted by molar-refractivity contribution is 9.10. The predicted octanol–water partition coefficient (Wildman–Crippen LogP) is 7.05. The lowest BCUT2D eigenvalue weighted by molar-refractivity contribution is -0.142. The van der Waals surface area contributed by atoms with E-state index < -0.39 is 6.04 Å². The van der Waals surface area contributed by atoms with Crippen LogP contribution in [0.4, 0.5) is 0 Å². The van der Waals surface area contributed by atoms with Crippen LogP contribution in [-0.2, 0) is 28.0 Å². The summed E-state index contributed by atoms with van der Waals surface area (Å²) in [5, 5.41) is 3.00. The zero-order valence-corrected chi connectivity index (χ0v) is 25.6. The molecule has 0 saturated carbocycles. The molecule has 1 N–H and O–H groups in total. The van der Waals surface area contributed by atoms with Crippen molar-refractivity contribution in [3.63, 3.8) is 0 Å². The standard InChI is InChI=1S/C31H36Br2N2O3/c1-5-16-34-30(37)27(18-22-10-7-6-8-11-22)35(20-23-12-9-13-25(32)17-23)29(36)21-38-28-15-14-24(19-26(28)33)31(2,3)4/h6-15,17,19,27H,5,16,18,20-21H2,1-4H3,(H,34,37). The first kappa shape index (κ1) is 29.9. The summed E-state index contributed by atoms with van der Waals surface area (Å²) in [7, 11) is 0. The van der Waals surface area contributed by atoms with Gasteiger partial charge in [-0.25, -0.2) is 0 Å². The molecule has 202 valence electrons. The van der Waals surface area contributed by atoms with Crippen LogP contribution in [0.3, 0.4) is 0 Å². The first-order valence-electron chi connectivity index (χ1n) is 12.9. The largest absolute Gasteiger partial charge is 0.483 e. The fourth-order valence-electron chi connectivity index (χ4n) is 4.06. The number of ether oxygens (including phenoxy) is 1. The highest BCUT2D eigenvalue weighted by atomic mass is 79.9. The fraction of sp³-hybridized carbons (Fsp3) is 0.355. The lowest BCUT2D eigenvalue weighted by Gasteiger charge is -2.31. The van der Waals surface area contributed by atoms with Crippen molar-refractivity contribution in [2.24, 2.45) is 0 Å². The third-order valence-corrected chi connectivity index (χ3v) is 7.32. The number of halogens is 2. The Morgan fingerprint density at radius 1 is 0.947 bits per heavy atom. The van der Waals surface area contributed by atoms with E-state index in [0.29, 0.717) is 18.7 Å². The second-order valence-electron chi connectivity index (χ2n) is 10.3. The molecule has 38 heavy (non-hydrogen) atoms. The van der Waals surface area contributed by atoms with Gasteiger partial charge in [-0.15, -0.1) is 0 Å². The van der Waals surface area contributed by atoms with Crippen molar-refractivity contribution in [1.29, 1.82) is 0 Å². The van der Waals surface area contributed by atoms with E-state index in [1.165, 1.54) is 0 Å². The molecule has 3 aromatic rings. The van der Waals surface area contributed by atoms with Gasteiger partial charge in [0, 0.05) is 24.0 Å². The van der Waals surface area contributed by atoms with E-state index in [-0.39, 0.29) is 30.4 Å². The number of benzene rings is 3. The van der Waals surface area contributed by atoms with Crippen molar-refractivity contribution in [1.82, 2.24) is 10.2 Å². The molecule has 0 aliphatic heterocycles. The lowest BCUT2D eigenvalue weighted by Crippen LogP contribution is -2.51. The first-order chi connectivity index (χ1) is 18.1. The topological polar surface area (TPSA) is 58.6 Å². The van der Waals surface area contributed by atoms with Gasteiger partial charge in [-0.2, -0.15) is 0 Å². The first-order valence-corrected chi connectivity index (χ1v) is 14.5. The molecule has 0 heterocycles. The summed E-state index contributed by atoms with van der Waals surface area (Å²) < 4.78 is 7.69. The molecule has 0 aliphatic carbocycles. The quantitative estimate of drug-likeness (QED) is 0.244. The Morgan fingerprint density at radius 3 is 2.29 bits per heavy atom. The maximum atomic E-state index is 13.7. The summed E-state index contributed by atoms with van der Waals surface area (Å²) in [5.74, 6) is 0.155. The van der Waals surface area contributed by atoms with E-state index >= 15 is 0 Å². The van der Waals surface area contributed by atoms with Crippen molar-refractivity contribution >= 4 is 43.7 Å². The average molecular weight is 644 g/mol. The molecule has 0 saturated heterocycles. The van der Waals surface area contributed by atoms with E-state index in [0.717, 1.165) is 32.1 Å². The number of nitrogens with zero attached hydrogens (tertiary/aromatic N) is 1. The number of rotatable bonds is 11. The van der Waals surface area contributed by atoms with Crippen molar-refractivity contribution in [2.75, 3.05) is 13.2 Å². The van der Waals surface area contributed by atoms with Crippen LogP contribution in [0.25, 0.3) is 0 Å². The van der Waals surface area contributed by atoms with Crippen molar-refractivity contribution in [3.8, 4) is 5.75 Å². The van der Waals surface area contributed by atoms with Crippen LogP contribution < -0.4 is 10.1 Å². The van der Waals surface area contributed by atoms with Gasteiger partial charge in [0.25, 0.3) is 5.91 Å². The smallest absolute Gasteiger partial charge is 0.261 e. The molecule has 1 atom stereocenters. The highest BCUT2D eigenvalue weighted by Gasteiger charge is 2.30. The third-order valence-electron chi connectivity index (χ3n) is 6.21. The van der Waals surface area contributed by atoms with Crippen LogP contribution in [0, 0.1) is 0 Å². The minimum absolute atomic E-state index is 0.00582. The minimum Gasteiger partial charge on any atom is -0.483 e. The van der Waals surface area contributed by atoms with Gasteiger partial charge < -0.3 is 15.0 Å². The highest BCUT2D eigenvalue weighted by Crippen LogP contribution is 2.31. The number of nitrogens with one attached hydrogen (secondary N) is 1. The van der Waals surface area contributed by atoms with Gasteiger partial charge in [-0.3, -0.25) is 9.59 Å². The van der Waals surface area contributed by atoms with Crippen LogP contribution in [0.5, 0.6) is 5.75 Å². The summed E-state index contributed by atoms with van der Waals surface area (Å²) in [6, 6.07) is 22.8. The summed E-state index contributed by atoms with van der Waals surface area (Å²) in [4.78, 5) is 28.8. The van der Waals surface area contributed by atoms with Gasteiger partial charge >= 0.3 is 0 Å². The molecule has 3 rings (SSSR count). The third kappa shape index (κ3) is 8.70. The second-order valence-corrected chi connectivity index (χ2v) is 12.1. The maximum Gasteiger partial charge on any atom is 0.261 e. The van der Waals surface area contributed by atoms with Gasteiger partial charge in [-0.05, 0) is 68.7 Å². The van der Waals surface area contributed by atoms with Gasteiger partial charge in [0.2, 0.25) is 5.91 Å². The Hall–Kier alpha value is -2.64. The molecule has 0 aromatic heterocycles. The number of carbonyl (C=O) groups excluding carboxylic acids is 2. The number of amides is 2. The lowest BCUT2D eigenvalue weighted by atomic mass is 9.87. The SMILES string of the molecule is CCCNC(=O)C(Cc1ccccc1)N(Cc1cccc(Br)c1)C(=O)COc1ccc(C(C)(C)C)cc1Br. The average Bonchev–Trinajstić information content (AvgIpc) is 2.88. The number of carbonyl (C=O) groups is 2. The van der Waals surface area contributed by atoms with E-state index in [4.69, 9.17) is 4.74 Å². The van der Waals surface area contributed by atoms with Gasteiger partial charge in [0.15, 0.2) is 6.61 Å². The van der Waals surface area contributed by atoms with E-state index in [2.05, 4.69) is 57.9 Å². The summed E-state index contributed by atoms with van der Waals surface area (Å²) >= 11 is 7.11. The Kier molecular flexibility index (Phi) is 11.0. The van der Waals surface area contributed by atoms with Crippen molar-refractivity contribution in [3.05, 3.63) is 98.4 Å². The maximum absolute atomic E-state index is 13.7. The summed E-state index contributed by atoms with van der Waals surface area (Å²) in [5.41, 5.74) is 3.06. The van der Waals surface area contributed by atoms with Crippen LogP contribution in [0.1, 0.15) is 50.8 Å². The zero-order chi connectivity index (χ0) is 27.7. The fourth-order valence-corrected chi connectivity index (χ4v) is 5.00. The zero-order valence-electron chi connectivity index (χ0n) is 22.5. The number of hydrogen-bond acceptors (Lipinski definition) is 3. The molecular weight excluding hydrogens is 608 g/mol. The summed E-state index contributed by atoms with van der Waals surface area (Å²) in [6.07, 6.45) is 1.21. The Morgan fingerprint density at radius 2 is 1.66 bits per heavy atom. The molecule has 7 heteroatoms. The Labute approximate surface area is 243 Å². The van der Waals surface area contributed by atoms with Gasteiger partial charge in [-0.1, -0.05) is 92.2 Å². The van der Waals surface area contributed by atoms with Crippen LogP contribution in [0.2, 0.25) is 0 Å². The molecule has 1 unspecified atom stereocenters. The van der Waals surface area contributed by atoms with Gasteiger partial charge in [0.1, 0.15) is 11.8 Å². The molecule has 0 aliphatic rings. The molecule has 0 fully saturated rings. The molecule has 2 amide bonds. The van der Waals surface area contributed by atoms with Gasteiger partial charge in [0.05, 0.1) is 4.47 Å². The predicted molar refractivity (Wildman–Crippen MR) is 160 cm³/mol. The van der Waals surface area contributed by atoms with E-state index in [1.807, 2.05) is 79.7 Å². The van der Waals surface area contributed by atoms with Crippen LogP contribution in [-0.4, -0.2) is 35.9 Å². The molecule has 0 spiro atoms. The molecule has 0 radical (unpaired) electrons. The summed E-state index contributed by atoms with van der Waals surface area (Å²) in [6.45, 7) is 9.09. The molecule has 5 nitrogen and oxygen atoms in total.